The van der Waals surface area contributed by atoms with Crippen LogP contribution in [0.15, 0.2) is 65.4 Å². The first-order valence-corrected chi connectivity index (χ1v) is 10.2. The zero-order valence-electron chi connectivity index (χ0n) is 15.4. The highest BCUT2D eigenvalue weighted by atomic mass is 79.9. The molecule has 142 valence electrons. The first-order valence-electron chi connectivity index (χ1n) is 9.01. The van der Waals surface area contributed by atoms with Gasteiger partial charge in [0.25, 0.3) is 0 Å². The highest BCUT2D eigenvalue weighted by molar-refractivity contribution is 9.10. The maximum Gasteiger partial charge on any atom is 0.141 e. The maximum atomic E-state index is 6.48. The Labute approximate surface area is 180 Å². The monoisotopic (exact) mass is 463 g/mol. The number of anilines is 2. The van der Waals surface area contributed by atoms with Gasteiger partial charge in [0.15, 0.2) is 0 Å². The topological polar surface area (TPSA) is 66.5 Å². The number of hydrogen-bond donors (Lipinski definition) is 2. The number of rotatable bonds is 3. The fraction of sp³-hybridized carbons (Fsp3) is 0.0455. The molecule has 0 amide bonds. The summed E-state index contributed by atoms with van der Waals surface area (Å²) in [5.41, 5.74) is 5.55. The van der Waals surface area contributed by atoms with Crippen molar-refractivity contribution in [2.75, 3.05) is 5.32 Å². The molecule has 2 heterocycles. The summed E-state index contributed by atoms with van der Waals surface area (Å²) in [6, 6.07) is 17.8. The second-order valence-electron chi connectivity index (χ2n) is 6.79. The number of aromatic nitrogens is 4. The predicted molar refractivity (Wildman–Crippen MR) is 122 cm³/mol. The molecule has 0 aliphatic rings. The molecule has 0 radical (unpaired) electrons. The molecule has 5 aromatic rings. The van der Waals surface area contributed by atoms with E-state index in [9.17, 15) is 0 Å². The van der Waals surface area contributed by atoms with Crippen molar-refractivity contribution < 1.29 is 0 Å². The SMILES string of the molecule is Cc1cc(Br)c2ncnc(Nc3ccc(Cl)c(-c4nc5ccccc5[nH]4)c3)c2c1. The van der Waals surface area contributed by atoms with Crippen LogP contribution < -0.4 is 5.32 Å². The summed E-state index contributed by atoms with van der Waals surface area (Å²) >= 11 is 10.1. The number of fused-ring (bicyclic) bond motifs is 2. The van der Waals surface area contributed by atoms with E-state index in [1.807, 2.05) is 55.5 Å². The Bertz CT molecular complexity index is 1350. The van der Waals surface area contributed by atoms with Crippen molar-refractivity contribution in [1.82, 2.24) is 19.9 Å². The van der Waals surface area contributed by atoms with Gasteiger partial charge in [-0.2, -0.15) is 0 Å². The predicted octanol–water partition coefficient (Wildman–Crippen LogP) is 6.64. The third-order valence-electron chi connectivity index (χ3n) is 4.71. The van der Waals surface area contributed by atoms with Crippen LogP contribution in [0.3, 0.4) is 0 Å². The van der Waals surface area contributed by atoms with Gasteiger partial charge in [-0.3, -0.25) is 0 Å². The first-order chi connectivity index (χ1) is 14.1. The number of nitrogens with one attached hydrogen (secondary N) is 2. The molecule has 0 unspecified atom stereocenters. The Morgan fingerprint density at radius 2 is 1.90 bits per heavy atom. The van der Waals surface area contributed by atoms with E-state index in [0.717, 1.165) is 54.9 Å². The molecule has 3 aromatic carbocycles. The molecule has 0 spiro atoms. The third-order valence-corrected chi connectivity index (χ3v) is 5.64. The lowest BCUT2D eigenvalue weighted by Crippen LogP contribution is -1.97. The minimum absolute atomic E-state index is 0.626. The zero-order chi connectivity index (χ0) is 20.0. The molecule has 0 bridgehead atoms. The van der Waals surface area contributed by atoms with Crippen LogP contribution in [-0.4, -0.2) is 19.9 Å². The molecule has 0 fully saturated rings. The lowest BCUT2D eigenvalue weighted by molar-refractivity contribution is 1.21. The Morgan fingerprint density at radius 3 is 2.76 bits per heavy atom. The minimum atomic E-state index is 0.626. The highest BCUT2D eigenvalue weighted by Crippen LogP contribution is 2.33. The van der Waals surface area contributed by atoms with Gasteiger partial charge in [-0.1, -0.05) is 23.7 Å². The maximum absolute atomic E-state index is 6.48. The van der Waals surface area contributed by atoms with Gasteiger partial charge in [-0.05, 0) is 70.9 Å². The van der Waals surface area contributed by atoms with Gasteiger partial charge < -0.3 is 10.3 Å². The molecular formula is C22H15BrClN5. The van der Waals surface area contributed by atoms with Crippen molar-refractivity contribution >= 4 is 61.0 Å². The van der Waals surface area contributed by atoms with E-state index in [1.165, 1.54) is 0 Å². The summed E-state index contributed by atoms with van der Waals surface area (Å²) < 4.78 is 0.942. The van der Waals surface area contributed by atoms with Crippen molar-refractivity contribution in [1.29, 1.82) is 0 Å². The van der Waals surface area contributed by atoms with Crippen LogP contribution in [0.4, 0.5) is 11.5 Å². The molecule has 0 saturated carbocycles. The lowest BCUT2D eigenvalue weighted by Gasteiger charge is -2.11. The van der Waals surface area contributed by atoms with Crippen LogP contribution in [0, 0.1) is 6.92 Å². The van der Waals surface area contributed by atoms with Gasteiger partial charge in [0, 0.05) is 21.1 Å². The summed E-state index contributed by atoms with van der Waals surface area (Å²) in [5, 5.41) is 4.97. The van der Waals surface area contributed by atoms with E-state index in [0.29, 0.717) is 5.02 Å². The molecule has 29 heavy (non-hydrogen) atoms. The molecule has 0 aliphatic carbocycles. The van der Waals surface area contributed by atoms with E-state index in [1.54, 1.807) is 6.33 Å². The van der Waals surface area contributed by atoms with E-state index in [-0.39, 0.29) is 0 Å². The zero-order valence-corrected chi connectivity index (χ0v) is 17.7. The molecule has 2 aromatic heterocycles. The largest absolute Gasteiger partial charge is 0.340 e. The first kappa shape index (κ1) is 18.1. The third kappa shape index (κ3) is 3.34. The van der Waals surface area contributed by atoms with Crippen LogP contribution in [0.1, 0.15) is 5.56 Å². The quantitative estimate of drug-likeness (QED) is 0.314. The fourth-order valence-corrected chi connectivity index (χ4v) is 4.25. The number of para-hydroxylation sites is 2. The van der Waals surface area contributed by atoms with E-state index in [4.69, 9.17) is 11.6 Å². The second-order valence-corrected chi connectivity index (χ2v) is 8.05. The molecule has 5 nitrogen and oxygen atoms in total. The van der Waals surface area contributed by atoms with Gasteiger partial charge >= 0.3 is 0 Å². The molecular weight excluding hydrogens is 450 g/mol. The average molecular weight is 465 g/mol. The van der Waals surface area contributed by atoms with Crippen LogP contribution in [-0.2, 0) is 0 Å². The number of halogens is 2. The average Bonchev–Trinajstić information content (AvgIpc) is 3.14. The van der Waals surface area contributed by atoms with Crippen molar-refractivity contribution in [3.05, 3.63) is 76.0 Å². The van der Waals surface area contributed by atoms with Crippen molar-refractivity contribution in [3.63, 3.8) is 0 Å². The van der Waals surface area contributed by atoms with Crippen molar-refractivity contribution in [2.45, 2.75) is 6.92 Å². The minimum Gasteiger partial charge on any atom is -0.340 e. The van der Waals surface area contributed by atoms with Gasteiger partial charge in [-0.25, -0.2) is 15.0 Å². The van der Waals surface area contributed by atoms with E-state index < -0.39 is 0 Å². The number of aryl methyl sites for hydroxylation is 1. The van der Waals surface area contributed by atoms with Crippen LogP contribution >= 0.6 is 27.5 Å². The van der Waals surface area contributed by atoms with E-state index >= 15 is 0 Å². The smallest absolute Gasteiger partial charge is 0.141 e. The number of benzene rings is 3. The molecule has 2 N–H and O–H groups in total. The van der Waals surface area contributed by atoms with Crippen LogP contribution in [0.2, 0.25) is 5.02 Å². The molecule has 7 heteroatoms. The molecule has 0 atom stereocenters. The lowest BCUT2D eigenvalue weighted by atomic mass is 10.1. The molecule has 0 saturated heterocycles. The summed E-state index contributed by atoms with van der Waals surface area (Å²) in [4.78, 5) is 16.8. The number of hydrogen-bond acceptors (Lipinski definition) is 4. The Balaban J connectivity index is 1.58. The van der Waals surface area contributed by atoms with Crippen LogP contribution in [0.5, 0.6) is 0 Å². The normalized spacial score (nSPS) is 11.3. The summed E-state index contributed by atoms with van der Waals surface area (Å²) in [6.45, 7) is 2.04. The standard InChI is InChI=1S/C22H15BrClN5/c1-12-8-15-20(16(23)9-12)25-11-26-21(15)27-13-6-7-17(24)14(10-13)22-28-18-4-2-3-5-19(18)29-22/h2-11H,1H3,(H,28,29)(H,25,26,27). The van der Waals surface area contributed by atoms with E-state index in [2.05, 4.69) is 47.2 Å². The summed E-state index contributed by atoms with van der Waals surface area (Å²) in [6.07, 6.45) is 1.56. The number of nitrogens with zero attached hydrogens (tertiary/aromatic N) is 3. The Hall–Kier alpha value is -2.96. The summed E-state index contributed by atoms with van der Waals surface area (Å²) in [5.74, 6) is 1.46. The Kier molecular flexibility index (Phi) is 4.45. The van der Waals surface area contributed by atoms with Crippen LogP contribution in [0.25, 0.3) is 33.3 Å². The van der Waals surface area contributed by atoms with Gasteiger partial charge in [0.05, 0.1) is 21.6 Å². The van der Waals surface area contributed by atoms with Gasteiger partial charge in [-0.15, -0.1) is 0 Å². The Morgan fingerprint density at radius 1 is 1.03 bits per heavy atom. The van der Waals surface area contributed by atoms with Crippen molar-refractivity contribution in [2.24, 2.45) is 0 Å². The second kappa shape index (κ2) is 7.13. The number of aromatic amines is 1. The van der Waals surface area contributed by atoms with Gasteiger partial charge in [0.1, 0.15) is 18.0 Å². The molecule has 0 aliphatic heterocycles. The highest BCUT2D eigenvalue weighted by Gasteiger charge is 2.12. The van der Waals surface area contributed by atoms with Gasteiger partial charge in [0.2, 0.25) is 0 Å². The number of imidazole rings is 1. The molecule has 5 rings (SSSR count). The van der Waals surface area contributed by atoms with Crippen molar-refractivity contribution in [3.8, 4) is 11.4 Å². The summed E-state index contributed by atoms with van der Waals surface area (Å²) in [7, 11) is 0. The fourth-order valence-electron chi connectivity index (χ4n) is 3.36. The number of H-pyrrole nitrogens is 1.